The average molecular weight is 664 g/mol. The molecule has 3 aromatic rings. The van der Waals surface area contributed by atoms with Crippen molar-refractivity contribution in [2.45, 2.75) is 45.3 Å². The van der Waals surface area contributed by atoms with E-state index in [0.29, 0.717) is 0 Å². The fourth-order valence-corrected chi connectivity index (χ4v) is 4.97. The van der Waals surface area contributed by atoms with Crippen LogP contribution in [0.5, 0.6) is 5.88 Å². The van der Waals surface area contributed by atoms with Crippen molar-refractivity contribution in [1.82, 2.24) is 4.57 Å². The zero-order valence-electron chi connectivity index (χ0n) is 22.5. The monoisotopic (exact) mass is 663 g/mol. The van der Waals surface area contributed by atoms with E-state index < -0.39 is 70.5 Å². The van der Waals surface area contributed by atoms with Gasteiger partial charge in [0.2, 0.25) is 5.88 Å². The summed E-state index contributed by atoms with van der Waals surface area (Å²) in [6.45, 7) is 2.87. The van der Waals surface area contributed by atoms with Gasteiger partial charge in [0.05, 0.1) is 32.1 Å². The molecule has 17 nitrogen and oxygen atoms in total. The molecule has 1 aromatic heterocycles. The minimum absolute atomic E-state index is 0.0142. The van der Waals surface area contributed by atoms with Crippen molar-refractivity contribution in [3.05, 3.63) is 61.1 Å². The zero-order chi connectivity index (χ0) is 31.6. The summed E-state index contributed by atoms with van der Waals surface area (Å²) in [6.07, 6.45) is -5.62. The molecule has 226 valence electrons. The van der Waals surface area contributed by atoms with E-state index in [9.17, 15) is 39.7 Å². The second-order valence-electron chi connectivity index (χ2n) is 9.11. The molecule has 0 amide bonds. The number of hydrogen-bond acceptors (Lipinski definition) is 14. The summed E-state index contributed by atoms with van der Waals surface area (Å²) in [5, 5.41) is 42.4. The normalized spacial score (nSPS) is 20.1. The predicted octanol–water partition coefficient (Wildman–Crippen LogP) is 4.67. The number of nitro benzene ring substituents is 2. The quantitative estimate of drug-likeness (QED) is 0.114. The van der Waals surface area contributed by atoms with Crippen LogP contribution in [0.3, 0.4) is 0 Å². The molecule has 1 N–H and O–H groups in total. The lowest BCUT2D eigenvalue weighted by atomic mass is 10.0. The highest BCUT2D eigenvalue weighted by molar-refractivity contribution is 9.10. The van der Waals surface area contributed by atoms with Crippen molar-refractivity contribution in [2.24, 2.45) is 10.2 Å². The molecule has 1 aliphatic heterocycles. The summed E-state index contributed by atoms with van der Waals surface area (Å²) in [6, 6.07) is 7.45. The number of azo groups is 1. The van der Waals surface area contributed by atoms with E-state index in [1.54, 1.807) is 0 Å². The Morgan fingerprint density at radius 2 is 1.56 bits per heavy atom. The molecule has 2 heterocycles. The van der Waals surface area contributed by atoms with Gasteiger partial charge >= 0.3 is 17.9 Å². The average Bonchev–Trinajstić information content (AvgIpc) is 3.18. The predicted molar refractivity (Wildman–Crippen MR) is 147 cm³/mol. The summed E-state index contributed by atoms with van der Waals surface area (Å²) in [4.78, 5) is 57.3. The number of esters is 3. The maximum Gasteiger partial charge on any atom is 0.303 e. The third-order valence-electron chi connectivity index (χ3n) is 6.12. The number of aromatic hydroxyl groups is 1. The topological polar surface area (TPSA) is 224 Å². The molecule has 0 bridgehead atoms. The van der Waals surface area contributed by atoms with E-state index in [0.717, 1.165) is 31.4 Å². The Kier molecular flexibility index (Phi) is 9.00. The first-order valence-corrected chi connectivity index (χ1v) is 13.1. The van der Waals surface area contributed by atoms with Gasteiger partial charge in [-0.2, -0.15) is 5.11 Å². The molecule has 0 spiro atoms. The Bertz CT molecular complexity index is 1650. The molecule has 43 heavy (non-hydrogen) atoms. The Morgan fingerprint density at radius 1 is 0.953 bits per heavy atom. The minimum Gasteiger partial charge on any atom is -0.493 e. The molecule has 0 radical (unpaired) electrons. The van der Waals surface area contributed by atoms with Crippen molar-refractivity contribution in [2.75, 3.05) is 6.61 Å². The highest BCUT2D eigenvalue weighted by Crippen LogP contribution is 2.47. The third-order valence-corrected chi connectivity index (χ3v) is 6.76. The third kappa shape index (κ3) is 6.59. The summed E-state index contributed by atoms with van der Waals surface area (Å²) < 4.78 is 23.0. The SMILES string of the molecule is CC(=O)OC1COC(n2c(O)c(N=Nc3ccc([N+](=O)[O-])cc3)c3cc(Br)c([N+](=O)[O-])cc32)C(OC(C)=O)C1OC(C)=O. The summed E-state index contributed by atoms with van der Waals surface area (Å²) in [5.41, 5.74) is -0.619. The van der Waals surface area contributed by atoms with Crippen LogP contribution in [0.15, 0.2) is 51.1 Å². The molecule has 2 aromatic carbocycles. The minimum atomic E-state index is -1.52. The van der Waals surface area contributed by atoms with Crippen LogP contribution in [0.1, 0.15) is 27.0 Å². The molecular formula is C25H22BrN5O12. The summed E-state index contributed by atoms with van der Waals surface area (Å²) in [5.74, 6) is -3.03. The van der Waals surface area contributed by atoms with E-state index in [4.69, 9.17) is 18.9 Å². The number of aromatic nitrogens is 1. The summed E-state index contributed by atoms with van der Waals surface area (Å²) in [7, 11) is 0. The molecule has 0 aliphatic carbocycles. The number of nitrogens with zero attached hydrogens (tertiary/aromatic N) is 5. The van der Waals surface area contributed by atoms with Gasteiger partial charge in [0.25, 0.3) is 11.4 Å². The van der Waals surface area contributed by atoms with Crippen LogP contribution < -0.4 is 0 Å². The van der Waals surface area contributed by atoms with Crippen LogP contribution in [0.4, 0.5) is 22.7 Å². The molecule has 4 unspecified atom stereocenters. The summed E-state index contributed by atoms with van der Waals surface area (Å²) >= 11 is 3.14. The first-order chi connectivity index (χ1) is 20.3. The van der Waals surface area contributed by atoms with Gasteiger partial charge in [-0.05, 0) is 34.1 Å². The number of fused-ring (bicyclic) bond motifs is 1. The second kappa shape index (κ2) is 12.5. The molecule has 1 saturated heterocycles. The first-order valence-electron chi connectivity index (χ1n) is 12.3. The number of halogens is 1. The molecular weight excluding hydrogens is 642 g/mol. The smallest absolute Gasteiger partial charge is 0.303 e. The molecule has 0 saturated carbocycles. The number of non-ortho nitro benzene ring substituents is 1. The van der Waals surface area contributed by atoms with Crippen LogP contribution in [-0.2, 0) is 33.3 Å². The number of carbonyl (C=O) groups excluding carboxylic acids is 3. The fraction of sp³-hybridized carbons (Fsp3) is 0.320. The van der Waals surface area contributed by atoms with Gasteiger partial charge in [-0.25, -0.2) is 0 Å². The van der Waals surface area contributed by atoms with Crippen LogP contribution in [0, 0.1) is 20.2 Å². The van der Waals surface area contributed by atoms with E-state index in [-0.39, 0.29) is 32.4 Å². The number of nitro groups is 2. The maximum absolute atomic E-state index is 12.1. The van der Waals surface area contributed by atoms with Gasteiger partial charge in [-0.1, -0.05) is 0 Å². The van der Waals surface area contributed by atoms with Gasteiger partial charge in [-0.3, -0.25) is 39.2 Å². The highest BCUT2D eigenvalue weighted by atomic mass is 79.9. The van der Waals surface area contributed by atoms with E-state index in [1.807, 2.05) is 0 Å². The Labute approximate surface area is 249 Å². The zero-order valence-corrected chi connectivity index (χ0v) is 24.1. The van der Waals surface area contributed by atoms with Crippen molar-refractivity contribution in [1.29, 1.82) is 0 Å². The molecule has 4 rings (SSSR count). The van der Waals surface area contributed by atoms with Crippen molar-refractivity contribution < 1.29 is 48.3 Å². The van der Waals surface area contributed by atoms with E-state index in [1.165, 1.54) is 30.3 Å². The molecule has 1 aliphatic rings. The Hall–Kier alpha value is -4.97. The van der Waals surface area contributed by atoms with E-state index >= 15 is 0 Å². The second-order valence-corrected chi connectivity index (χ2v) is 9.97. The van der Waals surface area contributed by atoms with Crippen LogP contribution in [0.2, 0.25) is 0 Å². The number of hydrogen-bond donors (Lipinski definition) is 1. The van der Waals surface area contributed by atoms with Crippen molar-refractivity contribution in [3.63, 3.8) is 0 Å². The van der Waals surface area contributed by atoms with Crippen molar-refractivity contribution in [3.8, 4) is 5.88 Å². The first kappa shape index (κ1) is 31.0. The van der Waals surface area contributed by atoms with Crippen molar-refractivity contribution >= 4 is 67.5 Å². The van der Waals surface area contributed by atoms with Gasteiger partial charge < -0.3 is 24.1 Å². The molecule has 4 atom stereocenters. The molecule has 1 fully saturated rings. The Morgan fingerprint density at radius 3 is 2.12 bits per heavy atom. The lowest BCUT2D eigenvalue weighted by molar-refractivity contribution is -0.385. The molecule has 18 heteroatoms. The number of carbonyl (C=O) groups is 3. The van der Waals surface area contributed by atoms with Gasteiger partial charge in [0.1, 0.15) is 0 Å². The lowest BCUT2D eigenvalue weighted by Gasteiger charge is -2.41. The Balaban J connectivity index is 1.91. The van der Waals surface area contributed by atoms with Crippen LogP contribution in [-0.4, -0.2) is 62.3 Å². The number of rotatable bonds is 8. The number of benzene rings is 2. The lowest BCUT2D eigenvalue weighted by Crippen LogP contribution is -2.55. The fourth-order valence-electron chi connectivity index (χ4n) is 4.48. The van der Waals surface area contributed by atoms with Gasteiger partial charge in [-0.15, -0.1) is 5.11 Å². The number of ether oxygens (including phenoxy) is 4. The maximum atomic E-state index is 12.1. The standard InChI is InChI=1S/C25H22BrN5O12/c1-11(32)41-20-10-40-25(23(43-13(3)34)22(20)42-12(2)33)29-18-9-19(31(38)39)17(26)8-16(18)21(24(29)35)28-27-14-4-6-15(7-5-14)30(36)37/h4-9,20,22-23,25,35H,10H2,1-3H3. The van der Waals surface area contributed by atoms with Gasteiger partial charge in [0.15, 0.2) is 30.2 Å². The highest BCUT2D eigenvalue weighted by Gasteiger charge is 2.49. The van der Waals surface area contributed by atoms with Gasteiger partial charge in [0, 0.05) is 44.4 Å². The largest absolute Gasteiger partial charge is 0.493 e. The van der Waals surface area contributed by atoms with Crippen LogP contribution >= 0.6 is 15.9 Å². The van der Waals surface area contributed by atoms with Crippen LogP contribution in [0.25, 0.3) is 10.9 Å². The van der Waals surface area contributed by atoms with E-state index in [2.05, 4.69) is 26.2 Å².